The van der Waals surface area contributed by atoms with Gasteiger partial charge in [-0.15, -0.1) is 0 Å². The molecule has 4 N–H and O–H groups in total. The quantitative estimate of drug-likeness (QED) is 0.734. The third-order valence-corrected chi connectivity index (χ3v) is 4.35. The van der Waals surface area contributed by atoms with Crippen LogP contribution in [0.5, 0.6) is 0 Å². The van der Waals surface area contributed by atoms with Crippen molar-refractivity contribution in [1.82, 2.24) is 0 Å². The van der Waals surface area contributed by atoms with Crippen molar-refractivity contribution in [2.75, 3.05) is 17.1 Å². The van der Waals surface area contributed by atoms with Crippen molar-refractivity contribution in [3.05, 3.63) is 53.8 Å². The van der Waals surface area contributed by atoms with E-state index in [0.717, 1.165) is 11.6 Å². The molecule has 0 unspecified atom stereocenters. The third kappa shape index (κ3) is 3.50. The van der Waals surface area contributed by atoms with Gasteiger partial charge in [0.2, 0.25) is 0 Å². The first-order valence-electron chi connectivity index (χ1n) is 6.20. The molecule has 0 radical (unpaired) electrons. The minimum absolute atomic E-state index is 0.0107. The molecule has 2 rings (SSSR count). The number of halogens is 1. The van der Waals surface area contributed by atoms with Gasteiger partial charge in [0.05, 0.1) is 5.69 Å². The monoisotopic (exact) mass is 310 g/mol. The molecule has 0 bridgehead atoms. The molecule has 0 heterocycles. The van der Waals surface area contributed by atoms with Gasteiger partial charge < -0.3 is 10.8 Å². The van der Waals surface area contributed by atoms with Crippen LogP contribution < -0.4 is 10.5 Å². The maximum absolute atomic E-state index is 13.7. The van der Waals surface area contributed by atoms with Gasteiger partial charge >= 0.3 is 0 Å². The van der Waals surface area contributed by atoms with Crippen molar-refractivity contribution < 1.29 is 17.9 Å². The zero-order valence-electron chi connectivity index (χ0n) is 11.1. The summed E-state index contributed by atoms with van der Waals surface area (Å²) in [5.74, 6) is -0.903. The van der Waals surface area contributed by atoms with Gasteiger partial charge in [-0.2, -0.15) is 0 Å². The molecular formula is C14H15FN2O3S. The van der Waals surface area contributed by atoms with Crippen molar-refractivity contribution >= 4 is 21.4 Å². The number of nitrogens with one attached hydrogen (secondary N) is 1. The molecule has 0 saturated carbocycles. The van der Waals surface area contributed by atoms with Crippen LogP contribution in [0, 0.1) is 5.82 Å². The normalized spacial score (nSPS) is 11.3. The maximum atomic E-state index is 13.7. The van der Waals surface area contributed by atoms with Crippen LogP contribution in [0.25, 0.3) is 0 Å². The van der Waals surface area contributed by atoms with Gasteiger partial charge in [0.25, 0.3) is 10.0 Å². The summed E-state index contributed by atoms with van der Waals surface area (Å²) in [5.41, 5.74) is 6.54. The Labute approximate surface area is 122 Å². The zero-order chi connectivity index (χ0) is 15.5. The Balaban J connectivity index is 2.29. The largest absolute Gasteiger partial charge is 0.398 e. The van der Waals surface area contributed by atoms with Crippen LogP contribution in [0.15, 0.2) is 47.4 Å². The minimum atomic E-state index is -4.10. The topological polar surface area (TPSA) is 92.4 Å². The van der Waals surface area contributed by atoms with E-state index in [4.69, 9.17) is 10.8 Å². The number of benzene rings is 2. The van der Waals surface area contributed by atoms with Crippen molar-refractivity contribution in [2.24, 2.45) is 0 Å². The number of hydrogen-bond donors (Lipinski definition) is 3. The number of aliphatic hydroxyl groups is 1. The highest BCUT2D eigenvalue weighted by atomic mass is 32.2. The van der Waals surface area contributed by atoms with Gasteiger partial charge in [-0.25, -0.2) is 12.8 Å². The summed E-state index contributed by atoms with van der Waals surface area (Å²) in [7, 11) is -4.10. The molecule has 0 fully saturated rings. The molecule has 0 saturated heterocycles. The van der Waals surface area contributed by atoms with E-state index in [1.165, 1.54) is 12.1 Å². The average Bonchev–Trinajstić information content (AvgIpc) is 2.40. The zero-order valence-corrected chi connectivity index (χ0v) is 11.9. The second-order valence-electron chi connectivity index (χ2n) is 4.43. The van der Waals surface area contributed by atoms with Crippen LogP contribution in [0.2, 0.25) is 0 Å². The lowest BCUT2D eigenvalue weighted by Gasteiger charge is -2.11. The highest BCUT2D eigenvalue weighted by Crippen LogP contribution is 2.24. The fourth-order valence-corrected chi connectivity index (χ4v) is 3.14. The molecule has 112 valence electrons. The molecule has 0 aliphatic rings. The second kappa shape index (κ2) is 6.11. The molecule has 21 heavy (non-hydrogen) atoms. The Morgan fingerprint density at radius 1 is 1.14 bits per heavy atom. The van der Waals surface area contributed by atoms with Crippen molar-refractivity contribution in [3.8, 4) is 0 Å². The lowest BCUT2D eigenvalue weighted by atomic mass is 10.1. The third-order valence-electron chi connectivity index (χ3n) is 2.87. The van der Waals surface area contributed by atoms with E-state index < -0.39 is 20.7 Å². The first kappa shape index (κ1) is 15.3. The van der Waals surface area contributed by atoms with E-state index in [0.29, 0.717) is 12.1 Å². The van der Waals surface area contributed by atoms with Crippen LogP contribution in [0.4, 0.5) is 15.8 Å². The summed E-state index contributed by atoms with van der Waals surface area (Å²) in [6.07, 6.45) is 0.479. The van der Waals surface area contributed by atoms with Crippen LogP contribution in [-0.4, -0.2) is 20.1 Å². The highest BCUT2D eigenvalue weighted by Gasteiger charge is 2.22. The lowest BCUT2D eigenvalue weighted by Crippen LogP contribution is -2.16. The van der Waals surface area contributed by atoms with Gasteiger partial charge in [0, 0.05) is 12.3 Å². The van der Waals surface area contributed by atoms with Gasteiger partial charge in [0.15, 0.2) is 0 Å². The molecule has 5 nitrogen and oxygen atoms in total. The maximum Gasteiger partial charge on any atom is 0.266 e. The predicted octanol–water partition coefficient (Wildman–Crippen LogP) is 1.74. The van der Waals surface area contributed by atoms with E-state index in [1.54, 1.807) is 24.3 Å². The SMILES string of the molecule is Nc1cccc(F)c1S(=O)(=O)Nc1ccc(CCO)cc1. The summed E-state index contributed by atoms with van der Waals surface area (Å²) >= 11 is 0. The molecule has 0 aromatic heterocycles. The fraction of sp³-hybridized carbons (Fsp3) is 0.143. The number of aliphatic hydroxyl groups excluding tert-OH is 1. The Hall–Kier alpha value is -2.12. The molecule has 0 aliphatic heterocycles. The second-order valence-corrected chi connectivity index (χ2v) is 6.05. The van der Waals surface area contributed by atoms with E-state index in [9.17, 15) is 12.8 Å². The molecule has 2 aromatic rings. The van der Waals surface area contributed by atoms with Crippen LogP contribution in [0.1, 0.15) is 5.56 Å². The molecule has 7 heteroatoms. The van der Waals surface area contributed by atoms with E-state index in [1.807, 2.05) is 0 Å². The molecule has 0 spiro atoms. The Bertz CT molecular complexity index is 710. The summed E-state index contributed by atoms with van der Waals surface area (Å²) in [6, 6.07) is 10.1. The van der Waals surface area contributed by atoms with Gasteiger partial charge in [-0.05, 0) is 36.2 Å². The van der Waals surface area contributed by atoms with Gasteiger partial charge in [-0.3, -0.25) is 4.72 Å². The predicted molar refractivity (Wildman–Crippen MR) is 78.9 cm³/mol. The van der Waals surface area contributed by atoms with Crippen molar-refractivity contribution in [3.63, 3.8) is 0 Å². The average molecular weight is 310 g/mol. The Morgan fingerprint density at radius 3 is 2.38 bits per heavy atom. The minimum Gasteiger partial charge on any atom is -0.398 e. The molecular weight excluding hydrogens is 295 g/mol. The number of rotatable bonds is 5. The van der Waals surface area contributed by atoms with Crippen molar-refractivity contribution in [2.45, 2.75) is 11.3 Å². The first-order valence-corrected chi connectivity index (χ1v) is 7.69. The van der Waals surface area contributed by atoms with E-state index >= 15 is 0 Å². The number of anilines is 2. The first-order chi connectivity index (χ1) is 9.94. The van der Waals surface area contributed by atoms with Crippen LogP contribution in [-0.2, 0) is 16.4 Å². The molecule has 0 aliphatic carbocycles. The molecule has 2 aromatic carbocycles. The Morgan fingerprint density at radius 2 is 1.81 bits per heavy atom. The van der Waals surface area contributed by atoms with Crippen molar-refractivity contribution in [1.29, 1.82) is 0 Å². The number of nitrogen functional groups attached to an aromatic ring is 1. The molecule has 0 atom stereocenters. The van der Waals surface area contributed by atoms with Crippen LogP contribution >= 0.6 is 0 Å². The molecule has 0 amide bonds. The summed E-state index contributed by atoms with van der Waals surface area (Å²) in [4.78, 5) is -0.565. The fourth-order valence-electron chi connectivity index (χ4n) is 1.88. The highest BCUT2D eigenvalue weighted by molar-refractivity contribution is 7.92. The standard InChI is InChI=1S/C14H15FN2O3S/c15-12-2-1-3-13(16)14(12)21(19,20)17-11-6-4-10(5-7-11)8-9-18/h1-7,17-18H,8-9,16H2. The van der Waals surface area contributed by atoms with Gasteiger partial charge in [-0.1, -0.05) is 18.2 Å². The number of sulfonamides is 1. The summed E-state index contributed by atoms with van der Waals surface area (Å²) < 4.78 is 40.3. The Kier molecular flexibility index (Phi) is 4.44. The smallest absolute Gasteiger partial charge is 0.266 e. The summed E-state index contributed by atoms with van der Waals surface area (Å²) in [6.45, 7) is 0.0107. The number of nitrogens with two attached hydrogens (primary N) is 1. The summed E-state index contributed by atoms with van der Waals surface area (Å²) in [5, 5.41) is 8.82. The lowest BCUT2D eigenvalue weighted by molar-refractivity contribution is 0.299. The van der Waals surface area contributed by atoms with Gasteiger partial charge in [0.1, 0.15) is 10.7 Å². The number of hydrogen-bond acceptors (Lipinski definition) is 4. The van der Waals surface area contributed by atoms with Crippen LogP contribution in [0.3, 0.4) is 0 Å². The van der Waals surface area contributed by atoms with E-state index in [-0.39, 0.29) is 12.3 Å². The van der Waals surface area contributed by atoms with E-state index in [2.05, 4.69) is 4.72 Å².